The van der Waals surface area contributed by atoms with Crippen molar-refractivity contribution in [1.29, 1.82) is 0 Å². The first-order chi connectivity index (χ1) is 16.1. The van der Waals surface area contributed by atoms with Gasteiger partial charge in [-0.2, -0.15) is 0 Å². The lowest BCUT2D eigenvalue weighted by Crippen LogP contribution is -2.47. The van der Waals surface area contributed by atoms with Crippen LogP contribution in [0.4, 0.5) is 5.69 Å². The molecule has 0 aliphatic carbocycles. The summed E-state index contributed by atoms with van der Waals surface area (Å²) in [5.41, 5.74) is 2.08. The highest BCUT2D eigenvalue weighted by Crippen LogP contribution is 2.39. The number of anilines is 1. The molecular formula is C26H31N3O4. The van der Waals surface area contributed by atoms with E-state index in [1.807, 2.05) is 50.2 Å². The van der Waals surface area contributed by atoms with Gasteiger partial charge in [-0.1, -0.05) is 31.2 Å². The van der Waals surface area contributed by atoms with Crippen LogP contribution in [0.5, 0.6) is 11.5 Å². The number of carbonyl (C=O) groups is 2. The third-order valence-electron chi connectivity index (χ3n) is 6.06. The topological polar surface area (TPSA) is 62.3 Å². The molecule has 2 aliphatic rings. The van der Waals surface area contributed by atoms with Gasteiger partial charge < -0.3 is 19.3 Å². The van der Waals surface area contributed by atoms with Crippen LogP contribution in [0.2, 0.25) is 0 Å². The maximum atomic E-state index is 13.8. The Kier molecular flexibility index (Phi) is 6.99. The van der Waals surface area contributed by atoms with Gasteiger partial charge in [-0.3, -0.25) is 9.59 Å². The molecule has 2 aliphatic heterocycles. The zero-order chi connectivity index (χ0) is 23.4. The molecule has 2 aromatic carbocycles. The summed E-state index contributed by atoms with van der Waals surface area (Å²) in [7, 11) is 0. The Morgan fingerprint density at radius 1 is 0.788 bits per heavy atom. The first-order valence-corrected chi connectivity index (χ1v) is 11.6. The molecule has 174 valence electrons. The van der Waals surface area contributed by atoms with E-state index in [1.165, 1.54) is 4.90 Å². The molecule has 2 amide bonds. The van der Waals surface area contributed by atoms with Crippen LogP contribution in [0.3, 0.4) is 0 Å². The van der Waals surface area contributed by atoms with Crippen LogP contribution in [-0.2, 0) is 9.59 Å². The SMILES string of the molecule is CCOc1ccc(C2=C(N3CCN(CC)CC3)C(=O)N(c3ccccc3OCC)C2=O)cc1. The number of amides is 2. The minimum Gasteiger partial charge on any atom is -0.494 e. The number of imide groups is 1. The van der Waals surface area contributed by atoms with Crippen molar-refractivity contribution in [2.24, 2.45) is 0 Å². The number of para-hydroxylation sites is 2. The zero-order valence-electron chi connectivity index (χ0n) is 19.5. The van der Waals surface area contributed by atoms with Gasteiger partial charge >= 0.3 is 0 Å². The number of carbonyl (C=O) groups excluding carboxylic acids is 2. The molecule has 1 fully saturated rings. The van der Waals surface area contributed by atoms with Gasteiger partial charge in [0.05, 0.1) is 24.5 Å². The first kappa shape index (κ1) is 22.9. The Morgan fingerprint density at radius 2 is 1.45 bits per heavy atom. The van der Waals surface area contributed by atoms with E-state index in [-0.39, 0.29) is 11.8 Å². The van der Waals surface area contributed by atoms with Gasteiger partial charge in [0.25, 0.3) is 11.8 Å². The predicted molar refractivity (Wildman–Crippen MR) is 128 cm³/mol. The Morgan fingerprint density at radius 3 is 2.09 bits per heavy atom. The van der Waals surface area contributed by atoms with Crippen molar-refractivity contribution in [3.63, 3.8) is 0 Å². The quantitative estimate of drug-likeness (QED) is 0.576. The average Bonchev–Trinajstić information content (AvgIpc) is 3.10. The van der Waals surface area contributed by atoms with Crippen LogP contribution in [0.25, 0.3) is 5.57 Å². The summed E-state index contributed by atoms with van der Waals surface area (Å²) in [5, 5.41) is 0. The Bertz CT molecular complexity index is 1040. The predicted octanol–water partition coefficient (Wildman–Crippen LogP) is 3.41. The van der Waals surface area contributed by atoms with E-state index in [1.54, 1.807) is 12.1 Å². The molecule has 0 N–H and O–H groups in total. The molecule has 1 saturated heterocycles. The lowest BCUT2D eigenvalue weighted by molar-refractivity contribution is -0.120. The standard InChI is InChI=1S/C26H31N3O4/c1-4-27-15-17-28(18-16-27)24-23(19-11-13-20(14-12-19)32-5-2)25(30)29(26(24)31)21-9-7-8-10-22(21)33-6-3/h7-14H,4-6,15-18H2,1-3H3. The molecule has 0 spiro atoms. The Balaban J connectivity index is 1.77. The second kappa shape index (κ2) is 10.1. The smallest absolute Gasteiger partial charge is 0.282 e. The molecule has 0 bridgehead atoms. The van der Waals surface area contributed by atoms with Gasteiger partial charge in [0, 0.05) is 26.2 Å². The van der Waals surface area contributed by atoms with E-state index in [4.69, 9.17) is 9.47 Å². The van der Waals surface area contributed by atoms with E-state index in [0.29, 0.717) is 54.6 Å². The lowest BCUT2D eigenvalue weighted by atomic mass is 10.0. The van der Waals surface area contributed by atoms with Gasteiger partial charge in [-0.15, -0.1) is 0 Å². The molecule has 2 aromatic rings. The maximum Gasteiger partial charge on any atom is 0.282 e. The summed E-state index contributed by atoms with van der Waals surface area (Å²) in [4.78, 5) is 33.2. The molecule has 0 aromatic heterocycles. The van der Waals surface area contributed by atoms with Crippen LogP contribution in [0.15, 0.2) is 54.2 Å². The van der Waals surface area contributed by atoms with Crippen LogP contribution in [-0.4, -0.2) is 67.6 Å². The van der Waals surface area contributed by atoms with Crippen molar-refractivity contribution in [3.05, 3.63) is 59.8 Å². The summed E-state index contributed by atoms with van der Waals surface area (Å²) >= 11 is 0. The van der Waals surface area contributed by atoms with E-state index in [9.17, 15) is 9.59 Å². The molecule has 2 heterocycles. The van der Waals surface area contributed by atoms with E-state index < -0.39 is 0 Å². The minimum absolute atomic E-state index is 0.305. The summed E-state index contributed by atoms with van der Waals surface area (Å²) in [5.74, 6) is 0.616. The van der Waals surface area contributed by atoms with Gasteiger partial charge in [0.2, 0.25) is 0 Å². The lowest BCUT2D eigenvalue weighted by Gasteiger charge is -2.36. The molecule has 0 atom stereocenters. The fourth-order valence-corrected chi connectivity index (χ4v) is 4.38. The molecule has 0 saturated carbocycles. The maximum absolute atomic E-state index is 13.8. The van der Waals surface area contributed by atoms with Gasteiger partial charge in [-0.05, 0) is 50.2 Å². The molecular weight excluding hydrogens is 418 g/mol. The normalized spacial score (nSPS) is 17.2. The fraction of sp³-hybridized carbons (Fsp3) is 0.385. The van der Waals surface area contributed by atoms with Crippen molar-refractivity contribution in [2.75, 3.05) is 50.8 Å². The van der Waals surface area contributed by atoms with E-state index >= 15 is 0 Å². The third kappa shape index (κ3) is 4.46. The van der Waals surface area contributed by atoms with Crippen LogP contribution >= 0.6 is 0 Å². The minimum atomic E-state index is -0.329. The van der Waals surface area contributed by atoms with Crippen LogP contribution in [0, 0.1) is 0 Å². The van der Waals surface area contributed by atoms with E-state index in [2.05, 4.69) is 16.7 Å². The monoisotopic (exact) mass is 449 g/mol. The summed E-state index contributed by atoms with van der Waals surface area (Å²) in [6, 6.07) is 14.6. The van der Waals surface area contributed by atoms with Crippen molar-refractivity contribution in [3.8, 4) is 11.5 Å². The van der Waals surface area contributed by atoms with Gasteiger partial charge in [-0.25, -0.2) is 4.90 Å². The number of hydrogen-bond donors (Lipinski definition) is 0. The molecule has 0 unspecified atom stereocenters. The third-order valence-corrected chi connectivity index (χ3v) is 6.06. The highest BCUT2D eigenvalue weighted by Gasteiger charge is 2.43. The number of piperazine rings is 1. The number of hydrogen-bond acceptors (Lipinski definition) is 6. The number of rotatable bonds is 8. The number of benzene rings is 2. The van der Waals surface area contributed by atoms with Crippen LogP contribution < -0.4 is 14.4 Å². The van der Waals surface area contributed by atoms with Gasteiger partial charge in [0.15, 0.2) is 0 Å². The highest BCUT2D eigenvalue weighted by molar-refractivity contribution is 6.45. The molecule has 4 rings (SSSR count). The molecule has 7 heteroatoms. The summed E-state index contributed by atoms with van der Waals surface area (Å²) in [6.45, 7) is 11.0. The van der Waals surface area contributed by atoms with Crippen molar-refractivity contribution in [2.45, 2.75) is 20.8 Å². The van der Waals surface area contributed by atoms with Crippen molar-refractivity contribution in [1.82, 2.24) is 9.80 Å². The highest BCUT2D eigenvalue weighted by atomic mass is 16.5. The first-order valence-electron chi connectivity index (χ1n) is 11.6. The average molecular weight is 450 g/mol. The molecule has 7 nitrogen and oxygen atoms in total. The Labute approximate surface area is 195 Å². The van der Waals surface area contributed by atoms with Gasteiger partial charge in [0.1, 0.15) is 17.2 Å². The zero-order valence-corrected chi connectivity index (χ0v) is 19.5. The number of nitrogens with zero attached hydrogens (tertiary/aromatic N) is 3. The van der Waals surface area contributed by atoms with Crippen molar-refractivity contribution >= 4 is 23.1 Å². The largest absolute Gasteiger partial charge is 0.494 e. The second-order valence-corrected chi connectivity index (χ2v) is 7.95. The molecule has 0 radical (unpaired) electrons. The summed E-state index contributed by atoms with van der Waals surface area (Å²) < 4.78 is 11.3. The van der Waals surface area contributed by atoms with Crippen LogP contribution in [0.1, 0.15) is 26.3 Å². The van der Waals surface area contributed by atoms with E-state index in [0.717, 1.165) is 25.4 Å². The summed E-state index contributed by atoms with van der Waals surface area (Å²) in [6.07, 6.45) is 0. The second-order valence-electron chi connectivity index (χ2n) is 7.95. The molecule has 33 heavy (non-hydrogen) atoms. The number of likely N-dealkylation sites (N-methyl/N-ethyl adjacent to an activating group) is 1. The van der Waals surface area contributed by atoms with Crippen molar-refractivity contribution < 1.29 is 19.1 Å². The Hall–Kier alpha value is -3.32. The number of ether oxygens (including phenoxy) is 2. The fourth-order valence-electron chi connectivity index (χ4n) is 4.38.